The maximum absolute atomic E-state index is 12.1. The van der Waals surface area contributed by atoms with Gasteiger partial charge in [0.15, 0.2) is 0 Å². The standard InChI is InChI=1S/C15H17N3O2S/c1-4-21-12-7-5-6-11(10(12)8-16)18-9-13(19)17-14(20)15(18,2)3/h5-7H,4,9H2,1-3H3,(H,17,19,20). The van der Waals surface area contributed by atoms with E-state index >= 15 is 0 Å². The molecular weight excluding hydrogens is 286 g/mol. The maximum atomic E-state index is 12.1. The van der Waals surface area contributed by atoms with Gasteiger partial charge >= 0.3 is 0 Å². The second-order valence-corrected chi connectivity index (χ2v) is 6.52. The number of thioether (sulfide) groups is 1. The molecule has 0 spiro atoms. The fraction of sp³-hybridized carbons (Fsp3) is 0.400. The van der Waals surface area contributed by atoms with Crippen LogP contribution in [0.2, 0.25) is 0 Å². The predicted octanol–water partition coefficient (Wildman–Crippen LogP) is 1.91. The predicted molar refractivity (Wildman–Crippen MR) is 82.1 cm³/mol. The summed E-state index contributed by atoms with van der Waals surface area (Å²) in [6, 6.07) is 7.72. The van der Waals surface area contributed by atoms with Crippen molar-refractivity contribution in [1.82, 2.24) is 5.32 Å². The topological polar surface area (TPSA) is 73.2 Å². The third-order valence-electron chi connectivity index (χ3n) is 3.49. The highest BCUT2D eigenvalue weighted by molar-refractivity contribution is 7.99. The lowest BCUT2D eigenvalue weighted by Crippen LogP contribution is -2.64. The van der Waals surface area contributed by atoms with Gasteiger partial charge in [-0.1, -0.05) is 13.0 Å². The third kappa shape index (κ3) is 2.74. The van der Waals surface area contributed by atoms with Crippen LogP contribution in [0.1, 0.15) is 26.3 Å². The number of hydrogen-bond acceptors (Lipinski definition) is 5. The molecule has 2 rings (SSSR count). The molecule has 1 aliphatic heterocycles. The van der Waals surface area contributed by atoms with Crippen LogP contribution in [0, 0.1) is 11.3 Å². The van der Waals surface area contributed by atoms with Gasteiger partial charge in [-0.25, -0.2) is 0 Å². The zero-order valence-corrected chi connectivity index (χ0v) is 13.1. The minimum atomic E-state index is -0.880. The monoisotopic (exact) mass is 303 g/mol. The molecule has 1 aromatic rings. The number of hydrogen-bond donors (Lipinski definition) is 1. The Balaban J connectivity index is 2.54. The van der Waals surface area contributed by atoms with Gasteiger partial charge in [-0.15, -0.1) is 11.8 Å². The fourth-order valence-electron chi connectivity index (χ4n) is 2.30. The summed E-state index contributed by atoms with van der Waals surface area (Å²) in [4.78, 5) is 26.3. The van der Waals surface area contributed by atoms with E-state index in [0.717, 1.165) is 10.6 Å². The normalized spacial score (nSPS) is 17.3. The summed E-state index contributed by atoms with van der Waals surface area (Å²) in [7, 11) is 0. The number of benzene rings is 1. The van der Waals surface area contributed by atoms with Crippen LogP contribution < -0.4 is 10.2 Å². The number of piperazine rings is 1. The van der Waals surface area contributed by atoms with Crippen LogP contribution in [0.25, 0.3) is 0 Å². The second kappa shape index (κ2) is 5.78. The van der Waals surface area contributed by atoms with Crippen LogP contribution in [0.3, 0.4) is 0 Å². The summed E-state index contributed by atoms with van der Waals surface area (Å²) in [6.07, 6.45) is 0. The van der Waals surface area contributed by atoms with Crippen molar-refractivity contribution >= 4 is 29.3 Å². The van der Waals surface area contributed by atoms with Gasteiger partial charge < -0.3 is 4.90 Å². The molecule has 0 aromatic heterocycles. The summed E-state index contributed by atoms with van der Waals surface area (Å²) in [5.41, 5.74) is 0.263. The molecule has 1 saturated heterocycles. The summed E-state index contributed by atoms with van der Waals surface area (Å²) in [5.74, 6) is 0.147. The molecule has 0 atom stereocenters. The van der Waals surface area contributed by atoms with Crippen LogP contribution in [0.5, 0.6) is 0 Å². The highest BCUT2D eigenvalue weighted by Crippen LogP contribution is 2.34. The molecule has 1 aliphatic rings. The second-order valence-electron chi connectivity index (χ2n) is 5.22. The smallest absolute Gasteiger partial charge is 0.251 e. The number of rotatable bonds is 3. The molecule has 110 valence electrons. The summed E-state index contributed by atoms with van der Waals surface area (Å²) < 4.78 is 0. The molecule has 1 aromatic carbocycles. The van der Waals surface area contributed by atoms with Crippen molar-refractivity contribution in [2.45, 2.75) is 31.2 Å². The van der Waals surface area contributed by atoms with Gasteiger partial charge in [0.05, 0.1) is 17.8 Å². The zero-order valence-electron chi connectivity index (χ0n) is 12.3. The van der Waals surface area contributed by atoms with E-state index in [2.05, 4.69) is 11.4 Å². The highest BCUT2D eigenvalue weighted by atomic mass is 32.2. The fourth-order valence-corrected chi connectivity index (χ4v) is 3.08. The Morgan fingerprint density at radius 1 is 1.43 bits per heavy atom. The van der Waals surface area contributed by atoms with Crippen molar-refractivity contribution in [2.24, 2.45) is 0 Å². The van der Waals surface area contributed by atoms with E-state index in [9.17, 15) is 14.9 Å². The first-order valence-corrected chi connectivity index (χ1v) is 7.68. The Kier molecular flexibility index (Phi) is 4.24. The van der Waals surface area contributed by atoms with Crippen molar-refractivity contribution in [3.63, 3.8) is 0 Å². The molecule has 1 N–H and O–H groups in total. The van der Waals surface area contributed by atoms with E-state index in [4.69, 9.17) is 0 Å². The molecule has 5 nitrogen and oxygen atoms in total. The molecule has 2 amide bonds. The Morgan fingerprint density at radius 3 is 2.76 bits per heavy atom. The molecule has 0 aliphatic carbocycles. The lowest BCUT2D eigenvalue weighted by molar-refractivity contribution is -0.135. The van der Waals surface area contributed by atoms with E-state index < -0.39 is 5.54 Å². The summed E-state index contributed by atoms with van der Waals surface area (Å²) in [5, 5.41) is 11.8. The van der Waals surface area contributed by atoms with Gasteiger partial charge in [-0.2, -0.15) is 5.26 Å². The van der Waals surface area contributed by atoms with Crippen LogP contribution in [-0.4, -0.2) is 29.7 Å². The van der Waals surface area contributed by atoms with E-state index in [-0.39, 0.29) is 18.4 Å². The molecule has 21 heavy (non-hydrogen) atoms. The molecule has 0 saturated carbocycles. The van der Waals surface area contributed by atoms with Crippen molar-refractivity contribution in [2.75, 3.05) is 17.2 Å². The minimum absolute atomic E-state index is 0.0632. The Bertz CT molecular complexity index is 634. The van der Waals surface area contributed by atoms with Crippen LogP contribution in [0.4, 0.5) is 5.69 Å². The van der Waals surface area contributed by atoms with Crippen molar-refractivity contribution in [1.29, 1.82) is 5.26 Å². The van der Waals surface area contributed by atoms with E-state index in [1.54, 1.807) is 36.6 Å². The largest absolute Gasteiger partial charge is 0.347 e. The molecule has 1 fully saturated rings. The molecule has 0 bridgehead atoms. The third-order valence-corrected chi connectivity index (χ3v) is 4.43. The first-order chi connectivity index (χ1) is 9.91. The van der Waals surface area contributed by atoms with E-state index in [0.29, 0.717) is 11.3 Å². The van der Waals surface area contributed by atoms with E-state index in [1.165, 1.54) is 0 Å². The number of carbonyl (C=O) groups is 2. The molecule has 6 heteroatoms. The van der Waals surface area contributed by atoms with Crippen LogP contribution in [0.15, 0.2) is 23.1 Å². The minimum Gasteiger partial charge on any atom is -0.347 e. The quantitative estimate of drug-likeness (QED) is 0.682. The first-order valence-electron chi connectivity index (χ1n) is 6.69. The number of carbonyl (C=O) groups excluding carboxylic acids is 2. The van der Waals surface area contributed by atoms with Gasteiger partial charge in [0, 0.05) is 4.90 Å². The SMILES string of the molecule is CCSc1cccc(N2CC(=O)NC(=O)C2(C)C)c1C#N. The molecule has 0 unspecified atom stereocenters. The Morgan fingerprint density at radius 2 is 2.14 bits per heavy atom. The lowest BCUT2D eigenvalue weighted by Gasteiger charge is -2.42. The van der Waals surface area contributed by atoms with Gasteiger partial charge in [-0.3, -0.25) is 14.9 Å². The van der Waals surface area contributed by atoms with Crippen LogP contribution in [-0.2, 0) is 9.59 Å². The summed E-state index contributed by atoms with van der Waals surface area (Å²) >= 11 is 1.57. The average molecular weight is 303 g/mol. The summed E-state index contributed by atoms with van der Waals surface area (Å²) in [6.45, 7) is 5.57. The number of anilines is 1. The molecule has 0 radical (unpaired) electrons. The van der Waals surface area contributed by atoms with Gasteiger partial charge in [-0.05, 0) is 31.7 Å². The maximum Gasteiger partial charge on any atom is 0.251 e. The van der Waals surface area contributed by atoms with Crippen molar-refractivity contribution in [3.05, 3.63) is 23.8 Å². The van der Waals surface area contributed by atoms with Gasteiger partial charge in [0.25, 0.3) is 5.91 Å². The number of imide groups is 1. The van der Waals surface area contributed by atoms with Gasteiger partial charge in [0.1, 0.15) is 11.6 Å². The average Bonchev–Trinajstić information content (AvgIpc) is 2.43. The first kappa shape index (κ1) is 15.4. The molecular formula is C15H17N3O2S. The number of amides is 2. The van der Waals surface area contributed by atoms with Crippen molar-refractivity contribution in [3.8, 4) is 6.07 Å². The Hall–Kier alpha value is -2.00. The van der Waals surface area contributed by atoms with Crippen LogP contribution >= 0.6 is 11.8 Å². The number of nitrogens with one attached hydrogen (secondary N) is 1. The highest BCUT2D eigenvalue weighted by Gasteiger charge is 2.41. The van der Waals surface area contributed by atoms with Gasteiger partial charge in [0.2, 0.25) is 5.91 Å². The molecule has 1 heterocycles. The van der Waals surface area contributed by atoms with Crippen molar-refractivity contribution < 1.29 is 9.59 Å². The zero-order chi connectivity index (χ0) is 15.6. The number of nitrogens with zero attached hydrogens (tertiary/aromatic N) is 2. The van der Waals surface area contributed by atoms with E-state index in [1.807, 2.05) is 19.1 Å². The lowest BCUT2D eigenvalue weighted by atomic mass is 9.96. The Labute approximate surface area is 128 Å². The number of nitriles is 1.